The van der Waals surface area contributed by atoms with Gasteiger partial charge in [-0.05, 0) is 91.5 Å². The van der Waals surface area contributed by atoms with E-state index in [9.17, 15) is 0 Å². The molecular formula is C59H33N3OS. The largest absolute Gasteiger partial charge is 0.455 e. The van der Waals surface area contributed by atoms with Crippen molar-refractivity contribution in [1.82, 2.24) is 15.0 Å². The first-order valence-corrected chi connectivity index (χ1v) is 22.4. The molecule has 0 amide bonds. The molecule has 3 heterocycles. The van der Waals surface area contributed by atoms with Crippen LogP contribution in [0.15, 0.2) is 205 Å². The molecule has 0 bridgehead atoms. The second-order valence-electron chi connectivity index (χ2n) is 16.7. The van der Waals surface area contributed by atoms with E-state index in [0.29, 0.717) is 17.5 Å². The maximum absolute atomic E-state index is 6.62. The van der Waals surface area contributed by atoms with Crippen LogP contribution < -0.4 is 0 Å². The van der Waals surface area contributed by atoms with E-state index < -0.39 is 0 Å². The zero-order valence-corrected chi connectivity index (χ0v) is 35.0. The quantitative estimate of drug-likeness (QED) is 0.173. The van der Waals surface area contributed by atoms with Gasteiger partial charge in [0.15, 0.2) is 17.5 Å². The van der Waals surface area contributed by atoms with Gasteiger partial charge in [-0.2, -0.15) is 0 Å². The third-order valence-electron chi connectivity index (χ3n) is 13.1. The second kappa shape index (κ2) is 13.6. The molecule has 10 aromatic carbocycles. The number of aromatic nitrogens is 3. The van der Waals surface area contributed by atoms with Crippen molar-refractivity contribution < 1.29 is 4.42 Å². The van der Waals surface area contributed by atoms with Crippen LogP contribution in [-0.4, -0.2) is 15.0 Å². The van der Waals surface area contributed by atoms with Gasteiger partial charge in [-0.15, -0.1) is 11.3 Å². The normalized spacial score (nSPS) is 12.1. The number of rotatable bonds is 5. The Balaban J connectivity index is 0.874. The Kier molecular flexibility index (Phi) is 7.53. The number of para-hydroxylation sites is 1. The fraction of sp³-hybridized carbons (Fsp3) is 0. The van der Waals surface area contributed by atoms with Crippen molar-refractivity contribution >= 4 is 75.0 Å². The van der Waals surface area contributed by atoms with E-state index >= 15 is 0 Å². The summed E-state index contributed by atoms with van der Waals surface area (Å²) in [6, 6.07) is 71.5. The predicted molar refractivity (Wildman–Crippen MR) is 267 cm³/mol. The van der Waals surface area contributed by atoms with Crippen LogP contribution in [0.1, 0.15) is 0 Å². The smallest absolute Gasteiger partial charge is 0.164 e. The average molecular weight is 832 g/mol. The molecule has 1 aliphatic rings. The number of hydrogen-bond acceptors (Lipinski definition) is 5. The minimum Gasteiger partial charge on any atom is -0.455 e. The zero-order chi connectivity index (χ0) is 41.9. The van der Waals surface area contributed by atoms with Crippen LogP contribution in [-0.2, 0) is 0 Å². The lowest BCUT2D eigenvalue weighted by Gasteiger charge is -2.12. The van der Waals surface area contributed by atoms with Crippen molar-refractivity contribution in [3.63, 3.8) is 0 Å². The number of nitrogens with zero attached hydrogens (tertiary/aromatic N) is 3. The highest BCUT2D eigenvalue weighted by molar-refractivity contribution is 7.25. The number of fused-ring (bicyclic) bond motifs is 11. The van der Waals surface area contributed by atoms with Gasteiger partial charge < -0.3 is 4.42 Å². The van der Waals surface area contributed by atoms with Gasteiger partial charge in [0, 0.05) is 58.6 Å². The maximum atomic E-state index is 6.62. The number of thiophene rings is 1. The predicted octanol–water partition coefficient (Wildman–Crippen LogP) is 16.4. The molecule has 296 valence electrons. The van der Waals surface area contributed by atoms with Crippen LogP contribution in [0.5, 0.6) is 0 Å². The van der Waals surface area contributed by atoms with E-state index in [-0.39, 0.29) is 0 Å². The molecule has 3 aromatic heterocycles. The summed E-state index contributed by atoms with van der Waals surface area (Å²) in [6.45, 7) is 0. The van der Waals surface area contributed by atoms with Crippen LogP contribution in [0.2, 0.25) is 0 Å². The number of benzene rings is 10. The Morgan fingerprint density at radius 2 is 0.969 bits per heavy atom. The lowest BCUT2D eigenvalue weighted by atomic mass is 9.91. The second-order valence-corrected chi connectivity index (χ2v) is 17.8. The average Bonchev–Trinajstić information content (AvgIpc) is 4.04. The highest BCUT2D eigenvalue weighted by atomic mass is 32.1. The summed E-state index contributed by atoms with van der Waals surface area (Å²) < 4.78 is 9.11. The van der Waals surface area contributed by atoms with Gasteiger partial charge in [0.2, 0.25) is 0 Å². The van der Waals surface area contributed by atoms with Crippen LogP contribution in [0, 0.1) is 0 Å². The highest BCUT2D eigenvalue weighted by Gasteiger charge is 2.28. The summed E-state index contributed by atoms with van der Waals surface area (Å²) in [5, 5.41) is 9.61. The first-order valence-electron chi connectivity index (χ1n) is 21.6. The first kappa shape index (κ1) is 35.4. The van der Waals surface area contributed by atoms with Crippen molar-refractivity contribution in [1.29, 1.82) is 0 Å². The Morgan fingerprint density at radius 3 is 1.84 bits per heavy atom. The Bertz CT molecular complexity index is 4090. The van der Waals surface area contributed by atoms with Gasteiger partial charge in [-0.1, -0.05) is 164 Å². The van der Waals surface area contributed by atoms with E-state index in [1.165, 1.54) is 69.7 Å². The number of hydrogen-bond donors (Lipinski definition) is 0. The molecule has 0 aliphatic heterocycles. The van der Waals surface area contributed by atoms with Gasteiger partial charge >= 0.3 is 0 Å². The molecule has 0 radical (unpaired) electrons. The van der Waals surface area contributed by atoms with Crippen molar-refractivity contribution in [2.24, 2.45) is 0 Å². The SMILES string of the molecule is c1cc(-c2ccc(-c3nc(-c4ccc5ccccc5c4)nc(-c4ccc5c(c4)sc4ccccc45)n3)cc2)cc(-c2ccc3c4c(c5oc6ccccc6c5cc24)-c2ccccc2-3)c1. The topological polar surface area (TPSA) is 51.8 Å². The van der Waals surface area contributed by atoms with Gasteiger partial charge in [-0.3, -0.25) is 0 Å². The van der Waals surface area contributed by atoms with Gasteiger partial charge in [0.05, 0.1) is 0 Å². The summed E-state index contributed by atoms with van der Waals surface area (Å²) in [5.41, 5.74) is 14.3. The van der Waals surface area contributed by atoms with E-state index in [2.05, 4.69) is 194 Å². The summed E-state index contributed by atoms with van der Waals surface area (Å²) >= 11 is 1.80. The monoisotopic (exact) mass is 831 g/mol. The van der Waals surface area contributed by atoms with Crippen molar-refractivity contribution in [3.05, 3.63) is 200 Å². The minimum atomic E-state index is 0.636. The molecule has 64 heavy (non-hydrogen) atoms. The molecule has 0 spiro atoms. The van der Waals surface area contributed by atoms with Crippen LogP contribution in [0.4, 0.5) is 0 Å². The molecule has 0 unspecified atom stereocenters. The summed E-state index contributed by atoms with van der Waals surface area (Å²) in [4.78, 5) is 15.4. The zero-order valence-electron chi connectivity index (χ0n) is 34.2. The van der Waals surface area contributed by atoms with Crippen LogP contribution in [0.3, 0.4) is 0 Å². The molecule has 0 saturated heterocycles. The molecule has 0 saturated carbocycles. The summed E-state index contributed by atoms with van der Waals surface area (Å²) in [7, 11) is 0. The van der Waals surface area contributed by atoms with Crippen molar-refractivity contribution in [3.8, 4) is 78.7 Å². The standard InChI is InChI=1S/C59H33N3OS/c1-2-11-37-31-40(25-22-34(37)10-1)58-60-57(61-59(62-58)41-26-27-46-45-16-6-8-19-52(45)64-53(46)32-41)36-23-20-35(21-24-36)38-12-9-13-39(30-38)42-28-29-48-43-14-3-4-17-47(43)55-54(48)49(42)33-50-44-15-5-7-18-51(44)63-56(50)55/h1-33H. The molecule has 5 heteroatoms. The molecule has 4 nitrogen and oxygen atoms in total. The number of furan rings is 1. The first-order chi connectivity index (χ1) is 31.7. The molecule has 0 N–H and O–H groups in total. The maximum Gasteiger partial charge on any atom is 0.164 e. The molecule has 0 fully saturated rings. The molecule has 13 aromatic rings. The molecule has 0 atom stereocenters. The Hall–Kier alpha value is -8.25. The summed E-state index contributed by atoms with van der Waals surface area (Å²) in [6.07, 6.45) is 0. The van der Waals surface area contributed by atoms with Gasteiger partial charge in [0.25, 0.3) is 0 Å². The van der Waals surface area contributed by atoms with Gasteiger partial charge in [0.1, 0.15) is 11.2 Å². The van der Waals surface area contributed by atoms with E-state index in [4.69, 9.17) is 19.4 Å². The third-order valence-corrected chi connectivity index (χ3v) is 14.2. The molecule has 14 rings (SSSR count). The van der Waals surface area contributed by atoms with Gasteiger partial charge in [-0.25, -0.2) is 15.0 Å². The molecular weight excluding hydrogens is 799 g/mol. The van der Waals surface area contributed by atoms with Crippen molar-refractivity contribution in [2.45, 2.75) is 0 Å². The van der Waals surface area contributed by atoms with Crippen LogP contribution in [0.25, 0.3) is 142 Å². The molecule has 1 aliphatic carbocycles. The third kappa shape index (κ3) is 5.38. The minimum absolute atomic E-state index is 0.636. The van der Waals surface area contributed by atoms with E-state index in [1.807, 2.05) is 6.07 Å². The lowest BCUT2D eigenvalue weighted by molar-refractivity contribution is 0.670. The highest BCUT2D eigenvalue weighted by Crippen LogP contribution is 2.53. The lowest BCUT2D eigenvalue weighted by Crippen LogP contribution is -2.00. The van der Waals surface area contributed by atoms with Crippen molar-refractivity contribution in [2.75, 3.05) is 0 Å². The van der Waals surface area contributed by atoms with Crippen LogP contribution >= 0.6 is 11.3 Å². The van der Waals surface area contributed by atoms with E-state index in [0.717, 1.165) is 55.1 Å². The fourth-order valence-electron chi connectivity index (χ4n) is 9.99. The van der Waals surface area contributed by atoms with E-state index in [1.54, 1.807) is 11.3 Å². The fourth-order valence-corrected chi connectivity index (χ4v) is 11.1. The summed E-state index contributed by atoms with van der Waals surface area (Å²) in [5.74, 6) is 1.93. The Morgan fingerprint density at radius 1 is 0.328 bits per heavy atom. The Labute approximate surface area is 371 Å².